The first kappa shape index (κ1) is 25.0. The van der Waals surface area contributed by atoms with Gasteiger partial charge in [-0.1, -0.05) is 30.3 Å². The lowest BCUT2D eigenvalue weighted by Gasteiger charge is -2.18. The summed E-state index contributed by atoms with van der Waals surface area (Å²) >= 11 is -0.276. The predicted molar refractivity (Wildman–Crippen MR) is 128 cm³/mol. The summed E-state index contributed by atoms with van der Waals surface area (Å²) in [6.45, 7) is 0.217. The van der Waals surface area contributed by atoms with E-state index in [0.717, 1.165) is 10.5 Å². The van der Waals surface area contributed by atoms with E-state index in [0.29, 0.717) is 12.1 Å². The zero-order chi connectivity index (χ0) is 25.7. The van der Waals surface area contributed by atoms with Crippen LogP contribution in [0.15, 0.2) is 77.8 Å². The van der Waals surface area contributed by atoms with Crippen LogP contribution in [-0.2, 0) is 17.9 Å². The Hall–Kier alpha value is -4.06. The van der Waals surface area contributed by atoms with Gasteiger partial charge in [0, 0.05) is 24.2 Å². The molecular formula is C24H20F3N5O3S. The predicted octanol–water partition coefficient (Wildman–Crippen LogP) is 4.98. The fourth-order valence-corrected chi connectivity index (χ4v) is 4.06. The van der Waals surface area contributed by atoms with Gasteiger partial charge < -0.3 is 10.2 Å². The summed E-state index contributed by atoms with van der Waals surface area (Å²) in [5, 5.41) is 5.35. The molecule has 1 aromatic heterocycles. The number of carbonyl (C=O) groups excluding carboxylic acids is 3. The Balaban J connectivity index is 1.36. The van der Waals surface area contributed by atoms with Gasteiger partial charge in [-0.25, -0.2) is 19.5 Å². The van der Waals surface area contributed by atoms with Crippen LogP contribution in [0.2, 0.25) is 0 Å². The molecule has 1 saturated heterocycles. The number of hydrogen-bond donors (Lipinski definition) is 2. The van der Waals surface area contributed by atoms with Crippen LogP contribution in [0, 0.1) is 0 Å². The van der Waals surface area contributed by atoms with Crippen molar-refractivity contribution in [3.05, 3.63) is 84.1 Å². The molecule has 0 radical (unpaired) electrons. The van der Waals surface area contributed by atoms with Crippen molar-refractivity contribution in [2.75, 3.05) is 16.8 Å². The number of nitrogens with zero attached hydrogens (tertiary/aromatic N) is 3. The number of hydrogen-bond acceptors (Lipinski definition) is 5. The number of pyridine rings is 1. The first-order valence-electron chi connectivity index (χ1n) is 10.7. The van der Waals surface area contributed by atoms with Crippen molar-refractivity contribution in [2.24, 2.45) is 0 Å². The monoisotopic (exact) mass is 515 g/mol. The van der Waals surface area contributed by atoms with E-state index >= 15 is 0 Å². The van der Waals surface area contributed by atoms with Gasteiger partial charge in [0.2, 0.25) is 0 Å². The Morgan fingerprint density at radius 3 is 2.42 bits per heavy atom. The van der Waals surface area contributed by atoms with Gasteiger partial charge in [0.15, 0.2) is 0 Å². The molecule has 4 rings (SSSR count). The molecular weight excluding hydrogens is 495 g/mol. The second kappa shape index (κ2) is 10.7. The number of urea groups is 2. The Morgan fingerprint density at radius 2 is 1.72 bits per heavy atom. The Labute approximate surface area is 208 Å². The third-order valence-electron chi connectivity index (χ3n) is 5.10. The lowest BCUT2D eigenvalue weighted by Crippen LogP contribution is -2.32. The van der Waals surface area contributed by atoms with Gasteiger partial charge in [0.1, 0.15) is 12.4 Å². The largest absolute Gasteiger partial charge is 0.446 e. The minimum absolute atomic E-state index is 0.0492. The van der Waals surface area contributed by atoms with Crippen LogP contribution in [0.1, 0.15) is 11.1 Å². The lowest BCUT2D eigenvalue weighted by molar-refractivity contribution is -0.116. The maximum Gasteiger partial charge on any atom is 0.446 e. The van der Waals surface area contributed by atoms with Crippen LogP contribution in [-0.4, -0.2) is 39.9 Å². The number of amides is 5. The summed E-state index contributed by atoms with van der Waals surface area (Å²) in [6, 6.07) is 16.6. The van der Waals surface area contributed by atoms with Crippen molar-refractivity contribution < 1.29 is 27.6 Å². The first-order valence-corrected chi connectivity index (χ1v) is 11.5. The summed E-state index contributed by atoms with van der Waals surface area (Å²) in [7, 11) is 0. The minimum atomic E-state index is -4.43. The number of benzene rings is 2. The van der Waals surface area contributed by atoms with E-state index in [-0.39, 0.29) is 41.3 Å². The summed E-state index contributed by atoms with van der Waals surface area (Å²) in [5.74, 6) is -0.227. The molecule has 1 fully saturated rings. The molecule has 36 heavy (non-hydrogen) atoms. The van der Waals surface area contributed by atoms with Gasteiger partial charge in [-0.05, 0) is 59.3 Å². The van der Waals surface area contributed by atoms with Gasteiger partial charge in [-0.3, -0.25) is 10.1 Å². The molecule has 1 aliphatic rings. The van der Waals surface area contributed by atoms with E-state index in [1.54, 1.807) is 12.1 Å². The van der Waals surface area contributed by atoms with Gasteiger partial charge in [0.25, 0.3) is 5.91 Å². The molecule has 2 heterocycles. The quantitative estimate of drug-likeness (QED) is 0.342. The Kier molecular flexibility index (Phi) is 7.44. The number of thioether (sulfide) groups is 1. The molecule has 0 spiro atoms. The topological polar surface area (TPSA) is 94.6 Å². The molecule has 0 saturated carbocycles. The number of alkyl halides is 3. The third-order valence-corrected chi connectivity index (χ3v) is 5.84. The summed E-state index contributed by atoms with van der Waals surface area (Å²) in [5.41, 5.74) is -2.68. The minimum Gasteiger partial charge on any atom is -0.334 e. The smallest absolute Gasteiger partial charge is 0.334 e. The van der Waals surface area contributed by atoms with Crippen LogP contribution in [0.25, 0.3) is 0 Å². The third kappa shape index (κ3) is 6.54. The average molecular weight is 516 g/mol. The van der Waals surface area contributed by atoms with Crippen molar-refractivity contribution in [2.45, 2.75) is 23.5 Å². The molecule has 0 atom stereocenters. The first-order chi connectivity index (χ1) is 17.2. The molecule has 0 bridgehead atoms. The summed E-state index contributed by atoms with van der Waals surface area (Å²) < 4.78 is 37.6. The molecule has 2 aromatic carbocycles. The zero-order valence-corrected chi connectivity index (χ0v) is 19.5. The number of aromatic nitrogens is 1. The number of imide groups is 1. The molecule has 5 amide bonds. The number of rotatable bonds is 7. The average Bonchev–Trinajstić information content (AvgIpc) is 3.11. The maximum absolute atomic E-state index is 12.9. The highest BCUT2D eigenvalue weighted by Crippen LogP contribution is 2.37. The van der Waals surface area contributed by atoms with E-state index in [4.69, 9.17) is 0 Å². The van der Waals surface area contributed by atoms with Gasteiger partial charge in [-0.15, -0.1) is 0 Å². The number of nitrogens with one attached hydrogen (secondary N) is 2. The van der Waals surface area contributed by atoms with E-state index < -0.39 is 23.5 Å². The van der Waals surface area contributed by atoms with Gasteiger partial charge in [0.05, 0.1) is 5.69 Å². The summed E-state index contributed by atoms with van der Waals surface area (Å²) in [4.78, 5) is 43.8. The Morgan fingerprint density at radius 1 is 1.00 bits per heavy atom. The fraction of sp³-hybridized carbons (Fsp3) is 0.167. The van der Waals surface area contributed by atoms with Crippen LogP contribution >= 0.6 is 11.8 Å². The molecule has 8 nitrogen and oxygen atoms in total. The van der Waals surface area contributed by atoms with E-state index in [1.165, 1.54) is 35.4 Å². The second-order valence-electron chi connectivity index (χ2n) is 7.75. The van der Waals surface area contributed by atoms with Crippen LogP contribution in [0.4, 0.5) is 34.3 Å². The fourth-order valence-electron chi connectivity index (χ4n) is 3.52. The summed E-state index contributed by atoms with van der Waals surface area (Å²) in [6.07, 6.45) is 1.47. The van der Waals surface area contributed by atoms with Crippen molar-refractivity contribution in [1.29, 1.82) is 0 Å². The van der Waals surface area contributed by atoms with E-state index in [1.807, 2.05) is 30.3 Å². The number of anilines is 2. The van der Waals surface area contributed by atoms with Crippen LogP contribution < -0.4 is 15.5 Å². The van der Waals surface area contributed by atoms with Gasteiger partial charge in [-0.2, -0.15) is 13.2 Å². The number of halogens is 3. The highest BCUT2D eigenvalue weighted by molar-refractivity contribution is 8.00. The van der Waals surface area contributed by atoms with Crippen LogP contribution in [0.3, 0.4) is 0 Å². The molecule has 1 aliphatic heterocycles. The highest BCUT2D eigenvalue weighted by atomic mass is 32.2. The maximum atomic E-state index is 12.9. The lowest BCUT2D eigenvalue weighted by atomic mass is 10.2. The van der Waals surface area contributed by atoms with Gasteiger partial charge >= 0.3 is 17.6 Å². The normalized spacial score (nSPS) is 13.8. The molecule has 186 valence electrons. The van der Waals surface area contributed by atoms with Crippen molar-refractivity contribution in [1.82, 2.24) is 15.2 Å². The van der Waals surface area contributed by atoms with E-state index in [9.17, 15) is 27.6 Å². The molecule has 3 aromatic rings. The van der Waals surface area contributed by atoms with Crippen molar-refractivity contribution in [3.8, 4) is 0 Å². The molecule has 0 unspecified atom stereocenters. The zero-order valence-electron chi connectivity index (χ0n) is 18.7. The Bertz CT molecular complexity index is 1260. The van der Waals surface area contributed by atoms with Crippen molar-refractivity contribution in [3.63, 3.8) is 0 Å². The molecule has 12 heteroatoms. The highest BCUT2D eigenvalue weighted by Gasteiger charge is 2.37. The molecule has 0 aliphatic carbocycles. The van der Waals surface area contributed by atoms with Crippen LogP contribution in [0.5, 0.6) is 0 Å². The standard InChI is InChI=1S/C24H20F3N5O3S/c25-24(26,27)36-19-8-6-18(7-9-19)32-21(33)15-31(23(32)35)14-17-10-11-28-20(12-17)30-22(34)29-13-16-4-2-1-3-5-16/h1-12H,13-15H2,(H2,28,29,30,34). The van der Waals surface area contributed by atoms with Crippen molar-refractivity contribution >= 4 is 41.2 Å². The SMILES string of the molecule is O=C(NCc1ccccc1)Nc1cc(CN2CC(=O)N(c3ccc(SC(F)(F)F)cc3)C2=O)ccn1. The second-order valence-corrected chi connectivity index (χ2v) is 8.89. The number of carbonyl (C=O) groups is 3. The molecule has 2 N–H and O–H groups in total. The van der Waals surface area contributed by atoms with E-state index in [2.05, 4.69) is 15.6 Å².